The molecule has 0 N–H and O–H groups in total. The van der Waals surface area contributed by atoms with Crippen LogP contribution in [0.2, 0.25) is 0 Å². The number of hydrogen-bond acceptors (Lipinski definition) is 3. The van der Waals surface area contributed by atoms with Gasteiger partial charge in [-0.1, -0.05) is 0 Å². The van der Waals surface area contributed by atoms with E-state index >= 15 is 0 Å². The molecule has 2 heterocycles. The first-order chi connectivity index (χ1) is 9.33. The fourth-order valence-electron chi connectivity index (χ4n) is 3.27. The smallest absolute Gasteiger partial charge is 0.226 e. The summed E-state index contributed by atoms with van der Waals surface area (Å²) < 4.78 is 5.40. The second kappa shape index (κ2) is 4.37. The number of carbonyl (C=O) groups is 1. The van der Waals surface area contributed by atoms with E-state index in [1.165, 1.54) is 12.8 Å². The summed E-state index contributed by atoms with van der Waals surface area (Å²) in [6.07, 6.45) is 5.38. The monoisotopic (exact) mass is 260 g/mol. The minimum atomic E-state index is 0.179. The van der Waals surface area contributed by atoms with Crippen molar-refractivity contribution >= 4 is 5.91 Å². The fraction of sp³-hybridized carbons (Fsp3) is 0.667. The molecule has 3 fully saturated rings. The zero-order valence-corrected chi connectivity index (χ0v) is 11.1. The Morgan fingerprint density at radius 3 is 2.63 bits per heavy atom. The van der Waals surface area contributed by atoms with Gasteiger partial charge < -0.3 is 9.32 Å². The van der Waals surface area contributed by atoms with Crippen molar-refractivity contribution in [1.82, 2.24) is 9.80 Å². The number of carbonyl (C=O) groups excluding carboxylic acids is 1. The first kappa shape index (κ1) is 11.5. The van der Waals surface area contributed by atoms with Crippen LogP contribution in [0.4, 0.5) is 0 Å². The Balaban J connectivity index is 1.32. The Labute approximate surface area is 113 Å². The summed E-state index contributed by atoms with van der Waals surface area (Å²) in [6, 6.07) is 4.72. The van der Waals surface area contributed by atoms with Gasteiger partial charge in [0, 0.05) is 44.1 Å². The Morgan fingerprint density at radius 2 is 2.00 bits per heavy atom. The molecule has 4 rings (SSSR count). The Hall–Kier alpha value is -1.29. The molecule has 1 saturated heterocycles. The van der Waals surface area contributed by atoms with E-state index in [9.17, 15) is 4.79 Å². The van der Waals surface area contributed by atoms with Crippen molar-refractivity contribution in [1.29, 1.82) is 0 Å². The third-order valence-electron chi connectivity index (χ3n) is 4.71. The Kier molecular flexibility index (Phi) is 2.65. The van der Waals surface area contributed by atoms with Crippen molar-refractivity contribution < 1.29 is 9.21 Å². The molecule has 1 aromatic rings. The summed E-state index contributed by atoms with van der Waals surface area (Å²) in [7, 11) is 0. The number of piperazine rings is 1. The molecule has 0 spiro atoms. The van der Waals surface area contributed by atoms with E-state index in [2.05, 4.69) is 9.80 Å². The second-order valence-corrected chi connectivity index (χ2v) is 6.06. The maximum atomic E-state index is 12.4. The second-order valence-electron chi connectivity index (χ2n) is 6.06. The van der Waals surface area contributed by atoms with Gasteiger partial charge in [-0.25, -0.2) is 0 Å². The molecular formula is C15H20N2O2. The lowest BCUT2D eigenvalue weighted by molar-refractivity contribution is -0.134. The van der Waals surface area contributed by atoms with Crippen LogP contribution in [0, 0.1) is 5.92 Å². The number of rotatable bonds is 3. The quantitative estimate of drug-likeness (QED) is 0.830. The summed E-state index contributed by atoms with van der Waals surface area (Å²) in [5.74, 6) is 1.84. The molecule has 0 bridgehead atoms. The van der Waals surface area contributed by atoms with E-state index in [4.69, 9.17) is 4.42 Å². The van der Waals surface area contributed by atoms with Crippen LogP contribution in [0.3, 0.4) is 0 Å². The van der Waals surface area contributed by atoms with Crippen LogP contribution in [0.1, 0.15) is 30.9 Å². The van der Waals surface area contributed by atoms with Crippen molar-refractivity contribution in [2.24, 2.45) is 5.92 Å². The predicted octanol–water partition coefficient (Wildman–Crippen LogP) is 1.69. The zero-order valence-electron chi connectivity index (χ0n) is 11.1. The van der Waals surface area contributed by atoms with Crippen molar-refractivity contribution in [3.63, 3.8) is 0 Å². The minimum Gasteiger partial charge on any atom is -0.469 e. The van der Waals surface area contributed by atoms with E-state index in [1.807, 2.05) is 12.1 Å². The van der Waals surface area contributed by atoms with Gasteiger partial charge >= 0.3 is 0 Å². The highest BCUT2D eigenvalue weighted by atomic mass is 16.3. The molecule has 2 unspecified atom stereocenters. The molecule has 2 atom stereocenters. The van der Waals surface area contributed by atoms with E-state index in [0.717, 1.165) is 44.4 Å². The molecule has 4 heteroatoms. The lowest BCUT2D eigenvalue weighted by Crippen LogP contribution is -2.49. The SMILES string of the molecule is O=C(C1CC1c1ccco1)N1CCN(C2CC2)CC1. The zero-order chi connectivity index (χ0) is 12.8. The summed E-state index contributed by atoms with van der Waals surface area (Å²) in [4.78, 5) is 17.0. The van der Waals surface area contributed by atoms with E-state index in [1.54, 1.807) is 6.26 Å². The average molecular weight is 260 g/mol. The topological polar surface area (TPSA) is 36.7 Å². The van der Waals surface area contributed by atoms with Crippen LogP contribution in [0.15, 0.2) is 22.8 Å². The number of hydrogen-bond donors (Lipinski definition) is 0. The fourth-order valence-corrected chi connectivity index (χ4v) is 3.27. The van der Waals surface area contributed by atoms with Crippen LogP contribution >= 0.6 is 0 Å². The van der Waals surface area contributed by atoms with Gasteiger partial charge in [0.25, 0.3) is 0 Å². The van der Waals surface area contributed by atoms with Crippen LogP contribution < -0.4 is 0 Å². The van der Waals surface area contributed by atoms with Crippen molar-refractivity contribution in [2.45, 2.75) is 31.2 Å². The van der Waals surface area contributed by atoms with E-state index < -0.39 is 0 Å². The molecule has 0 radical (unpaired) electrons. The normalized spacial score (nSPS) is 31.5. The molecule has 0 aromatic carbocycles. The minimum absolute atomic E-state index is 0.179. The molecule has 3 aliphatic rings. The Bertz CT molecular complexity index is 458. The van der Waals surface area contributed by atoms with Crippen LogP contribution in [0.25, 0.3) is 0 Å². The molecule has 19 heavy (non-hydrogen) atoms. The van der Waals surface area contributed by atoms with Gasteiger partial charge in [-0.05, 0) is 31.4 Å². The highest BCUT2D eigenvalue weighted by Gasteiger charge is 2.48. The van der Waals surface area contributed by atoms with Gasteiger partial charge in [0.1, 0.15) is 5.76 Å². The number of nitrogens with zero attached hydrogens (tertiary/aromatic N) is 2. The first-order valence-corrected chi connectivity index (χ1v) is 7.39. The lowest BCUT2D eigenvalue weighted by Gasteiger charge is -2.35. The highest BCUT2D eigenvalue weighted by molar-refractivity contribution is 5.83. The highest BCUT2D eigenvalue weighted by Crippen LogP contribution is 2.48. The molecule has 1 aromatic heterocycles. The van der Waals surface area contributed by atoms with Gasteiger partial charge in [-0.15, -0.1) is 0 Å². The summed E-state index contributed by atoms with van der Waals surface area (Å²) in [5, 5.41) is 0. The van der Waals surface area contributed by atoms with Crippen molar-refractivity contribution in [2.75, 3.05) is 26.2 Å². The lowest BCUT2D eigenvalue weighted by atomic mass is 10.2. The average Bonchev–Trinajstić information content (AvgIpc) is 3.38. The van der Waals surface area contributed by atoms with Gasteiger partial charge in [0.2, 0.25) is 5.91 Å². The van der Waals surface area contributed by atoms with Crippen molar-refractivity contribution in [3.8, 4) is 0 Å². The molecule has 4 nitrogen and oxygen atoms in total. The number of furan rings is 1. The van der Waals surface area contributed by atoms with Crippen LogP contribution in [0.5, 0.6) is 0 Å². The third kappa shape index (κ3) is 2.18. The third-order valence-corrected chi connectivity index (χ3v) is 4.71. The van der Waals surface area contributed by atoms with Gasteiger partial charge in [-0.2, -0.15) is 0 Å². The standard InChI is InChI=1S/C15H20N2O2/c18-15(13-10-12(13)14-2-1-9-19-14)17-7-5-16(6-8-17)11-3-4-11/h1-2,9,11-13H,3-8,10H2. The van der Waals surface area contributed by atoms with Crippen LogP contribution in [-0.4, -0.2) is 47.9 Å². The Morgan fingerprint density at radius 1 is 1.21 bits per heavy atom. The predicted molar refractivity (Wildman–Crippen MR) is 70.7 cm³/mol. The molecular weight excluding hydrogens is 240 g/mol. The summed E-state index contributed by atoms with van der Waals surface area (Å²) in [6.45, 7) is 3.95. The van der Waals surface area contributed by atoms with E-state index in [-0.39, 0.29) is 5.92 Å². The molecule has 102 valence electrons. The molecule has 1 aliphatic heterocycles. The van der Waals surface area contributed by atoms with Crippen LogP contribution in [-0.2, 0) is 4.79 Å². The van der Waals surface area contributed by atoms with Crippen molar-refractivity contribution in [3.05, 3.63) is 24.2 Å². The first-order valence-electron chi connectivity index (χ1n) is 7.39. The number of amides is 1. The molecule has 1 amide bonds. The van der Waals surface area contributed by atoms with Gasteiger partial charge in [-0.3, -0.25) is 9.69 Å². The van der Waals surface area contributed by atoms with E-state index in [0.29, 0.717) is 11.8 Å². The van der Waals surface area contributed by atoms with Gasteiger partial charge in [0.05, 0.1) is 6.26 Å². The maximum absolute atomic E-state index is 12.4. The molecule has 2 saturated carbocycles. The largest absolute Gasteiger partial charge is 0.469 e. The summed E-state index contributed by atoms with van der Waals surface area (Å²) in [5.41, 5.74) is 0. The molecule has 2 aliphatic carbocycles. The maximum Gasteiger partial charge on any atom is 0.226 e. The summed E-state index contributed by atoms with van der Waals surface area (Å²) >= 11 is 0. The van der Waals surface area contributed by atoms with Gasteiger partial charge in [0.15, 0.2) is 0 Å².